The van der Waals surface area contributed by atoms with Gasteiger partial charge in [0, 0.05) is 32.3 Å². The van der Waals surface area contributed by atoms with Crippen LogP contribution in [0.4, 0.5) is 5.82 Å². The van der Waals surface area contributed by atoms with Gasteiger partial charge in [0.05, 0.1) is 12.1 Å². The lowest BCUT2D eigenvalue weighted by Gasteiger charge is -2.32. The minimum absolute atomic E-state index is 0.00317. The van der Waals surface area contributed by atoms with Crippen molar-refractivity contribution in [2.45, 2.75) is 12.8 Å². The Kier molecular flexibility index (Phi) is 4.94. The molecule has 0 saturated carbocycles. The number of hydrogen-bond donors (Lipinski definition) is 1. The van der Waals surface area contributed by atoms with E-state index in [1.54, 1.807) is 29.0 Å². The van der Waals surface area contributed by atoms with Crippen LogP contribution in [0.2, 0.25) is 0 Å². The summed E-state index contributed by atoms with van der Waals surface area (Å²) >= 11 is 0. The molecule has 1 saturated heterocycles. The summed E-state index contributed by atoms with van der Waals surface area (Å²) in [4.78, 5) is 31.0. The number of aromatic nitrogens is 1. The van der Waals surface area contributed by atoms with E-state index in [4.69, 9.17) is 11.0 Å². The Morgan fingerprint density at radius 3 is 2.64 bits per heavy atom. The van der Waals surface area contributed by atoms with Crippen LogP contribution in [0.1, 0.15) is 18.4 Å². The van der Waals surface area contributed by atoms with Crippen LogP contribution in [0.5, 0.6) is 0 Å². The number of nitriles is 1. The summed E-state index contributed by atoms with van der Waals surface area (Å²) in [6, 6.07) is 5.39. The molecule has 2 N–H and O–H groups in total. The number of likely N-dealkylation sites (tertiary alicyclic amines) is 1. The molecule has 0 aliphatic carbocycles. The van der Waals surface area contributed by atoms with Crippen LogP contribution >= 0.6 is 0 Å². The number of nitrogens with two attached hydrogens (primary N) is 1. The third kappa shape index (κ3) is 3.73. The molecule has 1 aromatic rings. The fraction of sp³-hybridized carbons (Fsp3) is 0.467. The molecule has 0 radical (unpaired) electrons. The van der Waals surface area contributed by atoms with E-state index in [0.29, 0.717) is 37.3 Å². The third-order valence-corrected chi connectivity index (χ3v) is 3.89. The number of likely N-dealkylation sites (N-methyl/N-ethyl adjacent to an activating group) is 1. The number of primary amides is 1. The topological polar surface area (TPSA) is 103 Å². The first-order valence-corrected chi connectivity index (χ1v) is 7.15. The van der Waals surface area contributed by atoms with Gasteiger partial charge < -0.3 is 15.5 Å². The minimum atomic E-state index is -0.286. The van der Waals surface area contributed by atoms with Crippen LogP contribution in [0, 0.1) is 17.2 Å². The summed E-state index contributed by atoms with van der Waals surface area (Å²) < 4.78 is 0. The van der Waals surface area contributed by atoms with Crippen molar-refractivity contribution in [1.82, 2.24) is 9.88 Å². The van der Waals surface area contributed by atoms with Crippen LogP contribution < -0.4 is 10.6 Å². The molecule has 7 heteroatoms. The van der Waals surface area contributed by atoms with Crippen LogP contribution in [-0.4, -0.2) is 48.4 Å². The lowest BCUT2D eigenvalue weighted by atomic mass is 9.96. The maximum absolute atomic E-state index is 12.3. The first-order chi connectivity index (χ1) is 10.5. The van der Waals surface area contributed by atoms with Crippen molar-refractivity contribution in [3.8, 4) is 6.07 Å². The van der Waals surface area contributed by atoms with Gasteiger partial charge in [-0.3, -0.25) is 9.59 Å². The number of pyridine rings is 1. The second-order valence-electron chi connectivity index (χ2n) is 5.43. The molecular formula is C15H19N5O2. The van der Waals surface area contributed by atoms with Gasteiger partial charge in [0.1, 0.15) is 11.9 Å². The smallest absolute Gasteiger partial charge is 0.242 e. The number of nitrogens with zero attached hydrogens (tertiary/aromatic N) is 4. The summed E-state index contributed by atoms with van der Waals surface area (Å²) in [5.74, 6) is 0.226. The van der Waals surface area contributed by atoms with Crippen molar-refractivity contribution in [2.75, 3.05) is 31.6 Å². The van der Waals surface area contributed by atoms with E-state index in [9.17, 15) is 9.59 Å². The van der Waals surface area contributed by atoms with Gasteiger partial charge in [-0.15, -0.1) is 0 Å². The van der Waals surface area contributed by atoms with E-state index < -0.39 is 0 Å². The summed E-state index contributed by atoms with van der Waals surface area (Å²) in [6.07, 6.45) is 2.73. The van der Waals surface area contributed by atoms with Crippen LogP contribution in [-0.2, 0) is 9.59 Å². The molecule has 1 aromatic heterocycles. The van der Waals surface area contributed by atoms with Gasteiger partial charge in [0.15, 0.2) is 0 Å². The second kappa shape index (κ2) is 6.89. The fourth-order valence-electron chi connectivity index (χ4n) is 2.48. The molecule has 0 aromatic carbocycles. The number of anilines is 1. The highest BCUT2D eigenvalue weighted by Crippen LogP contribution is 2.17. The van der Waals surface area contributed by atoms with Crippen molar-refractivity contribution >= 4 is 17.6 Å². The van der Waals surface area contributed by atoms with E-state index in [0.717, 1.165) is 0 Å². The predicted octanol–water partition coefficient (Wildman–Crippen LogP) is 0.113. The van der Waals surface area contributed by atoms with Gasteiger partial charge in [-0.2, -0.15) is 5.26 Å². The molecule has 0 unspecified atom stereocenters. The lowest BCUT2D eigenvalue weighted by molar-refractivity contribution is -0.133. The van der Waals surface area contributed by atoms with Crippen LogP contribution in [0.15, 0.2) is 18.3 Å². The number of hydrogen-bond acceptors (Lipinski definition) is 5. The van der Waals surface area contributed by atoms with Crippen molar-refractivity contribution in [2.24, 2.45) is 11.7 Å². The molecule has 2 rings (SSSR count). The van der Waals surface area contributed by atoms with Crippen molar-refractivity contribution in [3.05, 3.63) is 23.9 Å². The Hall–Kier alpha value is -2.62. The highest BCUT2D eigenvalue weighted by Gasteiger charge is 2.26. The number of amides is 2. The SMILES string of the molecule is CN(CC(=O)N1CCC(C(N)=O)CC1)c1ccc(C#N)cn1. The zero-order valence-corrected chi connectivity index (χ0v) is 12.5. The maximum atomic E-state index is 12.3. The zero-order chi connectivity index (χ0) is 16.1. The van der Waals surface area contributed by atoms with Gasteiger partial charge in [-0.25, -0.2) is 4.98 Å². The summed E-state index contributed by atoms with van der Waals surface area (Å²) in [5, 5.41) is 8.75. The molecule has 0 bridgehead atoms. The first-order valence-electron chi connectivity index (χ1n) is 7.15. The highest BCUT2D eigenvalue weighted by atomic mass is 16.2. The molecule has 0 spiro atoms. The van der Waals surface area contributed by atoms with Gasteiger partial charge in [-0.05, 0) is 25.0 Å². The van der Waals surface area contributed by atoms with Gasteiger partial charge in [-0.1, -0.05) is 0 Å². The van der Waals surface area contributed by atoms with E-state index in [2.05, 4.69) is 4.98 Å². The average molecular weight is 301 g/mol. The minimum Gasteiger partial charge on any atom is -0.369 e. The van der Waals surface area contributed by atoms with Crippen molar-refractivity contribution in [3.63, 3.8) is 0 Å². The quantitative estimate of drug-likeness (QED) is 0.850. The van der Waals surface area contributed by atoms with Gasteiger partial charge >= 0.3 is 0 Å². The number of carbonyl (C=O) groups excluding carboxylic acids is 2. The lowest BCUT2D eigenvalue weighted by Crippen LogP contribution is -2.45. The molecule has 1 aliphatic rings. The Morgan fingerprint density at radius 2 is 2.14 bits per heavy atom. The van der Waals surface area contributed by atoms with E-state index in [-0.39, 0.29) is 24.3 Å². The summed E-state index contributed by atoms with van der Waals surface area (Å²) in [7, 11) is 1.78. The molecular weight excluding hydrogens is 282 g/mol. The standard InChI is InChI=1S/C15H19N5O2/c1-19(13-3-2-11(8-16)9-18-13)10-14(21)20-6-4-12(5-7-20)15(17)22/h2-3,9,12H,4-7,10H2,1H3,(H2,17,22). The molecule has 116 valence electrons. The fourth-order valence-corrected chi connectivity index (χ4v) is 2.48. The van der Waals surface area contributed by atoms with Gasteiger partial charge in [0.2, 0.25) is 11.8 Å². The third-order valence-electron chi connectivity index (χ3n) is 3.89. The molecule has 7 nitrogen and oxygen atoms in total. The highest BCUT2D eigenvalue weighted by molar-refractivity contribution is 5.82. The Balaban J connectivity index is 1.89. The van der Waals surface area contributed by atoms with Crippen molar-refractivity contribution in [1.29, 1.82) is 5.26 Å². The molecule has 1 fully saturated rings. The van der Waals surface area contributed by atoms with Crippen LogP contribution in [0.25, 0.3) is 0 Å². The van der Waals surface area contributed by atoms with E-state index in [1.807, 2.05) is 6.07 Å². The van der Waals surface area contributed by atoms with E-state index in [1.165, 1.54) is 6.20 Å². The Labute approximate surface area is 129 Å². The predicted molar refractivity (Wildman–Crippen MR) is 80.7 cm³/mol. The maximum Gasteiger partial charge on any atom is 0.242 e. The van der Waals surface area contributed by atoms with Gasteiger partial charge in [0.25, 0.3) is 0 Å². The number of piperidine rings is 1. The molecule has 0 atom stereocenters. The normalized spacial score (nSPS) is 15.2. The zero-order valence-electron chi connectivity index (χ0n) is 12.5. The van der Waals surface area contributed by atoms with Crippen LogP contribution in [0.3, 0.4) is 0 Å². The monoisotopic (exact) mass is 301 g/mol. The average Bonchev–Trinajstić information content (AvgIpc) is 2.54. The second-order valence-corrected chi connectivity index (χ2v) is 5.43. The number of rotatable bonds is 4. The molecule has 2 amide bonds. The first kappa shape index (κ1) is 15.8. The molecule has 1 aliphatic heterocycles. The Bertz CT molecular complexity index is 585. The Morgan fingerprint density at radius 1 is 1.45 bits per heavy atom. The summed E-state index contributed by atoms with van der Waals surface area (Å²) in [5.41, 5.74) is 5.77. The largest absolute Gasteiger partial charge is 0.369 e. The summed E-state index contributed by atoms with van der Waals surface area (Å²) in [6.45, 7) is 1.32. The number of carbonyl (C=O) groups is 2. The van der Waals surface area contributed by atoms with Crippen molar-refractivity contribution < 1.29 is 9.59 Å². The molecule has 22 heavy (non-hydrogen) atoms. The van der Waals surface area contributed by atoms with E-state index >= 15 is 0 Å². The molecule has 2 heterocycles.